The van der Waals surface area contributed by atoms with E-state index in [1.54, 1.807) is 0 Å². The van der Waals surface area contributed by atoms with Crippen LogP contribution in [0.2, 0.25) is 0 Å². The Balaban J connectivity index is 0.000000750. The number of rotatable bonds is 0. The Morgan fingerprint density at radius 1 is 1.14 bits per heavy atom. The van der Waals surface area contributed by atoms with Gasteiger partial charge in [0.25, 0.3) is 0 Å². The van der Waals surface area contributed by atoms with Crippen molar-refractivity contribution in [3.8, 4) is 0 Å². The molecular weight excluding hydrogens is 198 g/mol. The number of Topliss-reactive ketones (excluding diaryl/α,β-unsaturated/α-hetero) is 1. The summed E-state index contributed by atoms with van der Waals surface area (Å²) in [7, 11) is 0. The maximum absolute atomic E-state index is 11.4. The van der Waals surface area contributed by atoms with Gasteiger partial charge in [-0.2, -0.15) is 0 Å². The first-order valence-corrected chi connectivity index (χ1v) is 4.49. The van der Waals surface area contributed by atoms with E-state index in [0.717, 1.165) is 17.6 Å². The molecule has 1 aliphatic rings. The Kier molecular flexibility index (Phi) is 2.08. The zero-order valence-electron chi connectivity index (χ0n) is 7.54. The predicted octanol–water partition coefficient (Wildman–Crippen LogP) is 2.72. The number of aryl methyl sites for hydroxylation is 1. The molecular formula is C11H10ClNO. The molecule has 3 rings (SSSR count). The summed E-state index contributed by atoms with van der Waals surface area (Å²) in [4.78, 5) is 14.6. The van der Waals surface area contributed by atoms with Crippen molar-refractivity contribution in [2.24, 2.45) is 0 Å². The van der Waals surface area contributed by atoms with E-state index in [1.165, 1.54) is 10.9 Å². The van der Waals surface area contributed by atoms with Gasteiger partial charge in [0.05, 0.1) is 5.69 Å². The summed E-state index contributed by atoms with van der Waals surface area (Å²) in [5, 5.41) is 1.21. The van der Waals surface area contributed by atoms with Crippen LogP contribution in [0.4, 0.5) is 0 Å². The summed E-state index contributed by atoms with van der Waals surface area (Å²) in [6.07, 6.45) is 1.57. The van der Waals surface area contributed by atoms with E-state index in [1.807, 2.05) is 18.2 Å². The molecule has 0 fully saturated rings. The lowest BCUT2D eigenvalue weighted by atomic mass is 10.1. The third-order valence-corrected chi connectivity index (χ3v) is 2.69. The fourth-order valence-corrected chi connectivity index (χ4v) is 2.06. The van der Waals surface area contributed by atoms with Crippen molar-refractivity contribution >= 4 is 29.1 Å². The van der Waals surface area contributed by atoms with Crippen LogP contribution in [0.15, 0.2) is 24.3 Å². The fourth-order valence-electron chi connectivity index (χ4n) is 2.06. The standard InChI is InChI=1S/C11H9NO.ClH/c13-10-6-5-8-7-3-1-2-4-9(7)12-11(8)10;/h1-4,12H,5-6H2;1H. The molecule has 1 heterocycles. The lowest BCUT2D eigenvalue weighted by Crippen LogP contribution is -1.90. The van der Waals surface area contributed by atoms with Gasteiger partial charge in [-0.3, -0.25) is 4.79 Å². The Labute approximate surface area is 87.7 Å². The highest BCUT2D eigenvalue weighted by Crippen LogP contribution is 2.29. The quantitative estimate of drug-likeness (QED) is 0.708. The van der Waals surface area contributed by atoms with Crippen LogP contribution in [-0.2, 0) is 6.42 Å². The number of halogens is 1. The van der Waals surface area contributed by atoms with Crippen molar-refractivity contribution in [3.63, 3.8) is 0 Å². The second kappa shape index (κ2) is 3.14. The molecule has 0 atom stereocenters. The highest BCUT2D eigenvalue weighted by molar-refractivity contribution is 6.05. The van der Waals surface area contributed by atoms with Gasteiger partial charge in [-0.05, 0) is 18.1 Å². The topological polar surface area (TPSA) is 32.9 Å². The number of benzene rings is 1. The van der Waals surface area contributed by atoms with E-state index in [9.17, 15) is 4.79 Å². The third-order valence-electron chi connectivity index (χ3n) is 2.69. The molecule has 0 bridgehead atoms. The number of hydrogen-bond donors (Lipinski definition) is 1. The number of carbonyl (C=O) groups is 1. The van der Waals surface area contributed by atoms with Gasteiger partial charge in [-0.15, -0.1) is 12.4 Å². The van der Waals surface area contributed by atoms with E-state index < -0.39 is 0 Å². The van der Waals surface area contributed by atoms with Gasteiger partial charge in [-0.1, -0.05) is 18.2 Å². The number of nitrogens with one attached hydrogen (secondary N) is 1. The second-order valence-corrected chi connectivity index (χ2v) is 3.45. The molecule has 0 saturated heterocycles. The second-order valence-electron chi connectivity index (χ2n) is 3.45. The van der Waals surface area contributed by atoms with Gasteiger partial charge in [0.2, 0.25) is 0 Å². The molecule has 0 radical (unpaired) electrons. The summed E-state index contributed by atoms with van der Waals surface area (Å²) in [6.45, 7) is 0. The van der Waals surface area contributed by atoms with Crippen molar-refractivity contribution in [3.05, 3.63) is 35.5 Å². The van der Waals surface area contributed by atoms with Crippen molar-refractivity contribution in [1.82, 2.24) is 4.98 Å². The molecule has 1 aromatic carbocycles. The molecule has 1 aromatic heterocycles. The molecule has 14 heavy (non-hydrogen) atoms. The molecule has 0 unspecified atom stereocenters. The van der Waals surface area contributed by atoms with E-state index >= 15 is 0 Å². The molecule has 72 valence electrons. The maximum atomic E-state index is 11.4. The van der Waals surface area contributed by atoms with Gasteiger partial charge in [0.15, 0.2) is 5.78 Å². The predicted molar refractivity (Wildman–Crippen MR) is 58.2 cm³/mol. The van der Waals surface area contributed by atoms with Crippen LogP contribution in [0.5, 0.6) is 0 Å². The van der Waals surface area contributed by atoms with Gasteiger partial charge in [0.1, 0.15) is 0 Å². The summed E-state index contributed by atoms with van der Waals surface area (Å²) in [5.41, 5.74) is 3.13. The number of aromatic amines is 1. The van der Waals surface area contributed by atoms with Gasteiger partial charge >= 0.3 is 0 Å². The zero-order chi connectivity index (χ0) is 8.84. The number of hydrogen-bond acceptors (Lipinski definition) is 1. The average Bonchev–Trinajstić information content (AvgIpc) is 2.67. The Hall–Kier alpha value is -1.28. The van der Waals surface area contributed by atoms with Gasteiger partial charge in [0, 0.05) is 17.3 Å². The third kappa shape index (κ3) is 1.07. The van der Waals surface area contributed by atoms with E-state index in [4.69, 9.17) is 0 Å². The molecule has 0 aliphatic heterocycles. The number of fused-ring (bicyclic) bond motifs is 3. The minimum absolute atomic E-state index is 0. The summed E-state index contributed by atoms with van der Waals surface area (Å²) < 4.78 is 0. The van der Waals surface area contributed by atoms with Crippen LogP contribution in [0.1, 0.15) is 22.5 Å². The van der Waals surface area contributed by atoms with E-state index in [2.05, 4.69) is 11.1 Å². The first-order chi connectivity index (χ1) is 6.36. The lowest BCUT2D eigenvalue weighted by molar-refractivity contribution is 0.0991. The monoisotopic (exact) mass is 207 g/mol. The van der Waals surface area contributed by atoms with E-state index in [-0.39, 0.29) is 18.2 Å². The van der Waals surface area contributed by atoms with Crippen LogP contribution >= 0.6 is 12.4 Å². The molecule has 0 amide bonds. The highest BCUT2D eigenvalue weighted by atomic mass is 35.5. The molecule has 3 heteroatoms. The first kappa shape index (κ1) is 9.28. The molecule has 0 spiro atoms. The highest BCUT2D eigenvalue weighted by Gasteiger charge is 2.23. The number of H-pyrrole nitrogens is 1. The minimum Gasteiger partial charge on any atom is -0.352 e. The number of para-hydroxylation sites is 1. The smallest absolute Gasteiger partial charge is 0.179 e. The largest absolute Gasteiger partial charge is 0.352 e. The van der Waals surface area contributed by atoms with Crippen LogP contribution in [0.25, 0.3) is 10.9 Å². The molecule has 0 saturated carbocycles. The number of ketones is 1. The minimum atomic E-state index is 0. The zero-order valence-corrected chi connectivity index (χ0v) is 8.36. The molecule has 2 aromatic rings. The summed E-state index contributed by atoms with van der Waals surface area (Å²) in [5.74, 6) is 0.256. The first-order valence-electron chi connectivity index (χ1n) is 4.49. The molecule has 1 N–H and O–H groups in total. The summed E-state index contributed by atoms with van der Waals surface area (Å²) >= 11 is 0. The van der Waals surface area contributed by atoms with Crippen LogP contribution in [0, 0.1) is 0 Å². The van der Waals surface area contributed by atoms with Crippen molar-refractivity contribution in [2.45, 2.75) is 12.8 Å². The van der Waals surface area contributed by atoms with Crippen molar-refractivity contribution < 1.29 is 4.79 Å². The van der Waals surface area contributed by atoms with Crippen LogP contribution in [-0.4, -0.2) is 10.8 Å². The van der Waals surface area contributed by atoms with Crippen molar-refractivity contribution in [2.75, 3.05) is 0 Å². The molecule has 2 nitrogen and oxygen atoms in total. The SMILES string of the molecule is Cl.O=C1CCc2c1[nH]c1ccccc21. The Bertz CT molecular complexity index is 501. The van der Waals surface area contributed by atoms with Crippen molar-refractivity contribution in [1.29, 1.82) is 0 Å². The number of carbonyl (C=O) groups excluding carboxylic acids is 1. The molecule has 1 aliphatic carbocycles. The Morgan fingerprint density at radius 3 is 2.79 bits per heavy atom. The maximum Gasteiger partial charge on any atom is 0.179 e. The Morgan fingerprint density at radius 2 is 1.93 bits per heavy atom. The van der Waals surface area contributed by atoms with E-state index in [0.29, 0.717) is 6.42 Å². The van der Waals surface area contributed by atoms with Gasteiger partial charge < -0.3 is 4.98 Å². The van der Waals surface area contributed by atoms with Crippen LogP contribution < -0.4 is 0 Å². The lowest BCUT2D eigenvalue weighted by Gasteiger charge is -1.90. The van der Waals surface area contributed by atoms with Gasteiger partial charge in [-0.25, -0.2) is 0 Å². The van der Waals surface area contributed by atoms with Crippen LogP contribution in [0.3, 0.4) is 0 Å². The fraction of sp³-hybridized carbons (Fsp3) is 0.182. The normalized spacial score (nSPS) is 14.1. The average molecular weight is 208 g/mol. The summed E-state index contributed by atoms with van der Waals surface area (Å²) in [6, 6.07) is 8.09. The number of aromatic nitrogens is 1.